The molecule has 0 nitrogen and oxygen atoms in total. The molecule has 1 aromatic rings. The molecule has 1 atom stereocenters. The van der Waals surface area contributed by atoms with Crippen LogP contribution in [0.5, 0.6) is 0 Å². The Bertz CT molecular complexity index is 416. The summed E-state index contributed by atoms with van der Waals surface area (Å²) in [7, 11) is 0. The number of alkyl halides is 3. The van der Waals surface area contributed by atoms with Gasteiger partial charge in [-0.05, 0) is 25.0 Å². The molecular weight excluding hydrogens is 225 g/mol. The summed E-state index contributed by atoms with van der Waals surface area (Å²) in [6.07, 6.45) is -2.08. The molecule has 17 heavy (non-hydrogen) atoms. The largest absolute Gasteiger partial charge is 0.416 e. The average Bonchev–Trinajstić information content (AvgIpc) is 2.24. The van der Waals surface area contributed by atoms with Gasteiger partial charge in [0.1, 0.15) is 0 Å². The van der Waals surface area contributed by atoms with Gasteiger partial charge in [-0.15, -0.1) is 6.58 Å². The molecule has 0 amide bonds. The van der Waals surface area contributed by atoms with Crippen molar-refractivity contribution in [3.8, 4) is 0 Å². The Kier molecular flexibility index (Phi) is 4.16. The van der Waals surface area contributed by atoms with Crippen LogP contribution in [0.15, 0.2) is 49.1 Å². The monoisotopic (exact) mass is 240 g/mol. The summed E-state index contributed by atoms with van der Waals surface area (Å²) in [5.74, 6) is 0.0125. The topological polar surface area (TPSA) is 0 Å². The third-order valence-corrected chi connectivity index (χ3v) is 2.63. The quantitative estimate of drug-likeness (QED) is 0.673. The number of hydrogen-bond donors (Lipinski definition) is 0. The fourth-order valence-corrected chi connectivity index (χ4v) is 1.59. The van der Waals surface area contributed by atoms with Crippen LogP contribution in [0.2, 0.25) is 0 Å². The van der Waals surface area contributed by atoms with Crippen molar-refractivity contribution < 1.29 is 13.2 Å². The second-order valence-corrected chi connectivity index (χ2v) is 4.09. The van der Waals surface area contributed by atoms with Crippen LogP contribution in [-0.4, -0.2) is 0 Å². The molecule has 0 aromatic heterocycles. The van der Waals surface area contributed by atoms with E-state index in [-0.39, 0.29) is 5.92 Å². The van der Waals surface area contributed by atoms with Crippen LogP contribution < -0.4 is 0 Å². The van der Waals surface area contributed by atoms with Gasteiger partial charge in [0.15, 0.2) is 0 Å². The van der Waals surface area contributed by atoms with Gasteiger partial charge in [0.25, 0.3) is 0 Å². The van der Waals surface area contributed by atoms with Gasteiger partial charge in [-0.1, -0.05) is 36.4 Å². The van der Waals surface area contributed by atoms with Crippen LogP contribution in [0.4, 0.5) is 13.2 Å². The van der Waals surface area contributed by atoms with Crippen molar-refractivity contribution in [3.05, 3.63) is 60.2 Å². The van der Waals surface area contributed by atoms with Gasteiger partial charge in [-0.3, -0.25) is 0 Å². The van der Waals surface area contributed by atoms with Crippen LogP contribution >= 0.6 is 0 Å². The minimum atomic E-state index is -4.29. The van der Waals surface area contributed by atoms with Gasteiger partial charge >= 0.3 is 6.18 Å². The fraction of sp³-hybridized carbons (Fsp3) is 0.286. The van der Waals surface area contributed by atoms with E-state index in [0.29, 0.717) is 12.0 Å². The highest BCUT2D eigenvalue weighted by Crippen LogP contribution is 2.30. The molecule has 92 valence electrons. The molecule has 0 bridgehead atoms. The zero-order valence-corrected chi connectivity index (χ0v) is 9.72. The van der Waals surface area contributed by atoms with Crippen molar-refractivity contribution in [2.45, 2.75) is 19.5 Å². The third-order valence-electron chi connectivity index (χ3n) is 2.63. The summed E-state index contributed by atoms with van der Waals surface area (Å²) in [5, 5.41) is 0. The molecule has 0 radical (unpaired) electrons. The molecule has 0 heterocycles. The lowest BCUT2D eigenvalue weighted by molar-refractivity contribution is -0.137. The molecule has 0 spiro atoms. The minimum Gasteiger partial charge on any atom is -0.166 e. The first-order valence-electron chi connectivity index (χ1n) is 5.28. The van der Waals surface area contributed by atoms with E-state index in [4.69, 9.17) is 0 Å². The lowest BCUT2D eigenvalue weighted by atomic mass is 9.93. The van der Waals surface area contributed by atoms with Gasteiger partial charge < -0.3 is 0 Å². The van der Waals surface area contributed by atoms with Crippen molar-refractivity contribution >= 4 is 0 Å². The Balaban J connectivity index is 2.93. The molecule has 0 aliphatic carbocycles. The maximum atomic E-state index is 12.5. The van der Waals surface area contributed by atoms with E-state index in [9.17, 15) is 13.2 Å². The fourth-order valence-electron chi connectivity index (χ4n) is 1.59. The Labute approximate surface area is 99.5 Å². The predicted molar refractivity (Wildman–Crippen MR) is 63.6 cm³/mol. The maximum Gasteiger partial charge on any atom is 0.416 e. The summed E-state index contributed by atoms with van der Waals surface area (Å²) < 4.78 is 37.5. The number of rotatable bonds is 4. The van der Waals surface area contributed by atoms with Crippen LogP contribution in [0.25, 0.3) is 0 Å². The zero-order chi connectivity index (χ0) is 13.1. The van der Waals surface area contributed by atoms with E-state index in [2.05, 4.69) is 13.2 Å². The number of benzene rings is 1. The molecule has 0 saturated heterocycles. The lowest BCUT2D eigenvalue weighted by Crippen LogP contribution is -2.07. The molecule has 3 heteroatoms. The molecule has 1 unspecified atom stereocenters. The maximum absolute atomic E-state index is 12.5. The summed E-state index contributed by atoms with van der Waals surface area (Å²) in [6.45, 7) is 9.31. The smallest absolute Gasteiger partial charge is 0.166 e. The third kappa shape index (κ3) is 3.77. The van der Waals surface area contributed by atoms with E-state index < -0.39 is 11.7 Å². The highest BCUT2D eigenvalue weighted by Gasteiger charge is 2.30. The van der Waals surface area contributed by atoms with Crippen molar-refractivity contribution in [1.82, 2.24) is 0 Å². The summed E-state index contributed by atoms with van der Waals surface area (Å²) >= 11 is 0. The molecule has 0 aliphatic rings. The average molecular weight is 240 g/mol. The van der Waals surface area contributed by atoms with Crippen molar-refractivity contribution in [2.24, 2.45) is 5.92 Å². The number of allylic oxidation sites excluding steroid dienone is 2. The van der Waals surface area contributed by atoms with E-state index in [1.807, 2.05) is 6.92 Å². The van der Waals surface area contributed by atoms with E-state index in [0.717, 1.165) is 11.6 Å². The van der Waals surface area contributed by atoms with Gasteiger partial charge in [0, 0.05) is 5.92 Å². The first kappa shape index (κ1) is 13.6. The van der Waals surface area contributed by atoms with Gasteiger partial charge in [0.2, 0.25) is 0 Å². The normalized spacial score (nSPS) is 13.2. The molecule has 0 saturated carbocycles. The van der Waals surface area contributed by atoms with Crippen LogP contribution in [0.3, 0.4) is 0 Å². The molecule has 1 rings (SSSR count). The van der Waals surface area contributed by atoms with Gasteiger partial charge in [-0.25, -0.2) is 0 Å². The van der Waals surface area contributed by atoms with Crippen molar-refractivity contribution in [1.29, 1.82) is 0 Å². The first-order valence-corrected chi connectivity index (χ1v) is 5.28. The molecular formula is C14H15F3. The van der Waals surface area contributed by atoms with Crippen LogP contribution in [0, 0.1) is 5.92 Å². The highest BCUT2D eigenvalue weighted by atomic mass is 19.4. The van der Waals surface area contributed by atoms with E-state index in [1.165, 1.54) is 12.1 Å². The van der Waals surface area contributed by atoms with Crippen molar-refractivity contribution in [2.75, 3.05) is 0 Å². The molecule has 0 fully saturated rings. The second-order valence-electron chi connectivity index (χ2n) is 4.09. The second kappa shape index (κ2) is 5.21. The van der Waals surface area contributed by atoms with E-state index in [1.54, 1.807) is 12.1 Å². The Morgan fingerprint density at radius 3 is 2.53 bits per heavy atom. The highest BCUT2D eigenvalue weighted by molar-refractivity contribution is 5.27. The standard InChI is InChI=1S/C14H15F3/c1-4-12(10(2)3)8-11-6-5-7-13(9-11)14(15,16)17/h4-7,9,12H,1-2,8H2,3H3. The SMILES string of the molecule is C=CC(Cc1cccc(C(F)(F)F)c1)C(=C)C. The minimum absolute atomic E-state index is 0.0125. The lowest BCUT2D eigenvalue weighted by Gasteiger charge is -2.14. The summed E-state index contributed by atoms with van der Waals surface area (Å²) in [4.78, 5) is 0. The molecule has 0 N–H and O–H groups in total. The summed E-state index contributed by atoms with van der Waals surface area (Å²) in [6, 6.07) is 5.37. The predicted octanol–water partition coefficient (Wildman–Crippen LogP) is 4.63. The van der Waals surface area contributed by atoms with Crippen LogP contribution in [-0.2, 0) is 12.6 Å². The van der Waals surface area contributed by atoms with E-state index >= 15 is 0 Å². The first-order chi connectivity index (χ1) is 7.84. The van der Waals surface area contributed by atoms with Gasteiger partial charge in [0.05, 0.1) is 5.56 Å². The van der Waals surface area contributed by atoms with Crippen LogP contribution in [0.1, 0.15) is 18.1 Å². The molecule has 1 aromatic carbocycles. The zero-order valence-electron chi connectivity index (χ0n) is 9.72. The van der Waals surface area contributed by atoms with Gasteiger partial charge in [-0.2, -0.15) is 13.2 Å². The molecule has 0 aliphatic heterocycles. The Morgan fingerprint density at radius 2 is 2.06 bits per heavy atom. The number of halogens is 3. The van der Waals surface area contributed by atoms with Crippen molar-refractivity contribution in [3.63, 3.8) is 0 Å². The Morgan fingerprint density at radius 1 is 1.41 bits per heavy atom. The Hall–Kier alpha value is -1.51. The summed E-state index contributed by atoms with van der Waals surface area (Å²) in [5.41, 5.74) is 0.935. The number of hydrogen-bond acceptors (Lipinski definition) is 0.